The third-order valence-electron chi connectivity index (χ3n) is 9.28. The number of esters is 1. The van der Waals surface area contributed by atoms with E-state index in [1.54, 1.807) is 13.2 Å². The Morgan fingerprint density at radius 2 is 1.58 bits per heavy atom. The third-order valence-corrected chi connectivity index (χ3v) is 9.28. The maximum atomic E-state index is 13.2. The van der Waals surface area contributed by atoms with Gasteiger partial charge in [-0.05, 0) is 79.1 Å². The average Bonchev–Trinajstić information content (AvgIpc) is 3.21. The monoisotopic (exact) mass is 604 g/mol. The van der Waals surface area contributed by atoms with E-state index in [9.17, 15) is 14.9 Å². The number of ether oxygens (including phenoxy) is 3. The fraction of sp³-hybridized carbons (Fsp3) is 0.270. The number of hydrogen-bond donors (Lipinski definition) is 0. The van der Waals surface area contributed by atoms with Crippen molar-refractivity contribution in [2.75, 3.05) is 18.6 Å². The molecule has 2 aliphatic rings. The summed E-state index contributed by atoms with van der Waals surface area (Å²) in [7, 11) is 1.65. The number of fused-ring (bicyclic) bond motifs is 2. The molecule has 2 aliphatic heterocycles. The number of non-ortho nitro benzene ring substituents is 1. The maximum Gasteiger partial charge on any atom is 0.312 e. The molecule has 4 aromatic carbocycles. The van der Waals surface area contributed by atoms with Crippen LogP contribution in [0, 0.1) is 10.1 Å². The highest BCUT2D eigenvalue weighted by molar-refractivity contribution is 5.76. The molecule has 6 rings (SSSR count). The molecule has 0 bridgehead atoms. The first-order valence-electron chi connectivity index (χ1n) is 15.0. The second kappa shape index (κ2) is 11.1. The number of carbonyl (C=O) groups excluding carboxylic acids is 1. The zero-order valence-electron chi connectivity index (χ0n) is 26.1. The molecule has 45 heavy (non-hydrogen) atoms. The molecule has 0 saturated heterocycles. The maximum absolute atomic E-state index is 13.2. The predicted molar refractivity (Wildman–Crippen MR) is 174 cm³/mol. The van der Waals surface area contributed by atoms with Crippen LogP contribution in [0.2, 0.25) is 0 Å². The van der Waals surface area contributed by atoms with E-state index in [1.807, 2.05) is 66.7 Å². The molecular formula is C37H36N2O6. The minimum absolute atomic E-state index is 0.00356. The SMILES string of the molecule is COc1ccc(C(C)(C)c2ccc(OC(=O)CCN3c4ccccc4C(C)(C)C34C=Cc3cc([N+](=O)[O-])ccc3O4)cc2)cc1. The summed E-state index contributed by atoms with van der Waals surface area (Å²) in [5.41, 5.74) is 3.23. The van der Waals surface area contributed by atoms with Crippen molar-refractivity contribution in [3.05, 3.63) is 129 Å². The number of rotatable bonds is 8. The highest BCUT2D eigenvalue weighted by atomic mass is 16.6. The Labute approximate surface area is 263 Å². The number of nitrogens with zero attached hydrogens (tertiary/aromatic N) is 2. The molecule has 0 aliphatic carbocycles. The average molecular weight is 605 g/mol. The molecule has 8 nitrogen and oxygen atoms in total. The van der Waals surface area contributed by atoms with E-state index in [-0.39, 0.29) is 23.5 Å². The lowest BCUT2D eigenvalue weighted by Gasteiger charge is -2.47. The first-order chi connectivity index (χ1) is 21.5. The molecule has 1 unspecified atom stereocenters. The van der Waals surface area contributed by atoms with Gasteiger partial charge in [0.1, 0.15) is 17.2 Å². The predicted octanol–water partition coefficient (Wildman–Crippen LogP) is 7.82. The summed E-state index contributed by atoms with van der Waals surface area (Å²) in [5, 5.41) is 11.3. The topological polar surface area (TPSA) is 91.1 Å². The molecule has 0 N–H and O–H groups in total. The lowest BCUT2D eigenvalue weighted by molar-refractivity contribution is -0.384. The largest absolute Gasteiger partial charge is 0.497 e. The van der Waals surface area contributed by atoms with E-state index in [1.165, 1.54) is 12.1 Å². The second-order valence-corrected chi connectivity index (χ2v) is 12.5. The molecule has 1 atom stereocenters. The van der Waals surface area contributed by atoms with Crippen LogP contribution in [0.4, 0.5) is 11.4 Å². The second-order valence-electron chi connectivity index (χ2n) is 12.5. The van der Waals surface area contributed by atoms with Crippen molar-refractivity contribution in [1.82, 2.24) is 0 Å². The molecule has 0 fully saturated rings. The summed E-state index contributed by atoms with van der Waals surface area (Å²) in [6.45, 7) is 8.87. The number of anilines is 1. The Bertz CT molecular complexity index is 1790. The van der Waals surface area contributed by atoms with Gasteiger partial charge in [-0.3, -0.25) is 14.9 Å². The number of methoxy groups -OCH3 is 1. The Kier molecular flexibility index (Phi) is 7.39. The van der Waals surface area contributed by atoms with Crippen LogP contribution < -0.4 is 19.1 Å². The van der Waals surface area contributed by atoms with Crippen molar-refractivity contribution < 1.29 is 23.9 Å². The van der Waals surface area contributed by atoms with E-state index < -0.39 is 16.1 Å². The number of hydrogen-bond acceptors (Lipinski definition) is 7. The standard InChI is InChI=1S/C37H36N2O6/c1-35(2,26-10-15-29(43-5)16-11-26)27-12-17-30(18-13-27)44-34(40)21-23-38-32-9-7-6-8-31(32)36(3,4)37(38)22-20-25-24-28(39(41)42)14-19-33(25)45-37/h6-20,22,24H,21,23H2,1-5H3. The third kappa shape index (κ3) is 5.10. The first-order valence-corrected chi connectivity index (χ1v) is 15.0. The lowest BCUT2D eigenvalue weighted by Crippen LogP contribution is -2.60. The van der Waals surface area contributed by atoms with Gasteiger partial charge in [0.15, 0.2) is 0 Å². The van der Waals surface area contributed by atoms with Crippen molar-refractivity contribution >= 4 is 23.4 Å². The molecule has 0 radical (unpaired) electrons. The van der Waals surface area contributed by atoms with Crippen LogP contribution >= 0.6 is 0 Å². The number of nitro groups is 1. The number of nitro benzene ring substituents is 1. The van der Waals surface area contributed by atoms with Gasteiger partial charge in [-0.2, -0.15) is 0 Å². The summed E-state index contributed by atoms with van der Waals surface area (Å²) >= 11 is 0. The summed E-state index contributed by atoms with van der Waals surface area (Å²) in [6, 6.07) is 28.3. The lowest BCUT2D eigenvalue weighted by atomic mass is 9.76. The Balaban J connectivity index is 1.20. The van der Waals surface area contributed by atoms with Gasteiger partial charge in [-0.15, -0.1) is 0 Å². The van der Waals surface area contributed by atoms with Crippen LogP contribution in [0.1, 0.15) is 56.4 Å². The molecule has 2 heterocycles. The van der Waals surface area contributed by atoms with Crippen LogP contribution in [-0.4, -0.2) is 30.3 Å². The van der Waals surface area contributed by atoms with Crippen LogP contribution in [0.5, 0.6) is 17.2 Å². The molecule has 230 valence electrons. The summed E-state index contributed by atoms with van der Waals surface area (Å²) in [6.07, 6.45) is 3.95. The summed E-state index contributed by atoms with van der Waals surface area (Å²) in [4.78, 5) is 26.2. The number of carbonyl (C=O) groups is 1. The van der Waals surface area contributed by atoms with Gasteiger partial charge in [-0.25, -0.2) is 0 Å². The van der Waals surface area contributed by atoms with Gasteiger partial charge in [0.25, 0.3) is 5.69 Å². The quantitative estimate of drug-likeness (QED) is 0.0876. The highest BCUT2D eigenvalue weighted by Gasteiger charge is 2.58. The zero-order valence-corrected chi connectivity index (χ0v) is 26.1. The molecule has 0 saturated carbocycles. The summed E-state index contributed by atoms with van der Waals surface area (Å²) in [5.74, 6) is 1.49. The fourth-order valence-electron chi connectivity index (χ4n) is 6.49. The van der Waals surface area contributed by atoms with Crippen LogP contribution in [-0.2, 0) is 15.6 Å². The minimum Gasteiger partial charge on any atom is -0.497 e. The van der Waals surface area contributed by atoms with E-state index in [4.69, 9.17) is 14.2 Å². The van der Waals surface area contributed by atoms with Crippen LogP contribution in [0.25, 0.3) is 6.08 Å². The Hall–Kier alpha value is -5.11. The zero-order chi connectivity index (χ0) is 32.0. The van der Waals surface area contributed by atoms with Gasteiger partial charge in [-0.1, -0.05) is 56.3 Å². The number of para-hydroxylation sites is 1. The van der Waals surface area contributed by atoms with Gasteiger partial charge in [0.2, 0.25) is 5.72 Å². The Morgan fingerprint density at radius 1 is 0.933 bits per heavy atom. The summed E-state index contributed by atoms with van der Waals surface area (Å²) < 4.78 is 17.8. The molecule has 0 amide bonds. The number of benzene rings is 4. The molecule has 8 heteroatoms. The normalized spacial score (nSPS) is 17.8. The highest BCUT2D eigenvalue weighted by Crippen LogP contribution is 2.55. The van der Waals surface area contributed by atoms with Crippen molar-refractivity contribution in [3.8, 4) is 17.2 Å². The molecular weight excluding hydrogens is 568 g/mol. The van der Waals surface area contributed by atoms with Gasteiger partial charge < -0.3 is 19.1 Å². The molecule has 1 spiro atoms. The fourth-order valence-corrected chi connectivity index (χ4v) is 6.49. The van der Waals surface area contributed by atoms with Crippen molar-refractivity contribution in [3.63, 3.8) is 0 Å². The molecule has 4 aromatic rings. The van der Waals surface area contributed by atoms with Gasteiger partial charge in [0.05, 0.1) is 23.9 Å². The smallest absolute Gasteiger partial charge is 0.312 e. The first kappa shape index (κ1) is 29.9. The van der Waals surface area contributed by atoms with Crippen molar-refractivity contribution in [2.24, 2.45) is 0 Å². The van der Waals surface area contributed by atoms with E-state index in [0.717, 1.165) is 28.1 Å². The van der Waals surface area contributed by atoms with Crippen molar-refractivity contribution in [2.45, 2.75) is 50.7 Å². The van der Waals surface area contributed by atoms with E-state index >= 15 is 0 Å². The van der Waals surface area contributed by atoms with E-state index in [0.29, 0.717) is 23.6 Å². The Morgan fingerprint density at radius 3 is 2.22 bits per heavy atom. The van der Waals surface area contributed by atoms with Crippen LogP contribution in [0.15, 0.2) is 97.1 Å². The molecule has 0 aromatic heterocycles. The minimum atomic E-state index is -0.950. The van der Waals surface area contributed by atoms with E-state index in [2.05, 4.69) is 50.8 Å². The van der Waals surface area contributed by atoms with Gasteiger partial charge >= 0.3 is 5.97 Å². The van der Waals surface area contributed by atoms with Gasteiger partial charge in [0, 0.05) is 35.3 Å². The van der Waals surface area contributed by atoms with Crippen LogP contribution in [0.3, 0.4) is 0 Å². The van der Waals surface area contributed by atoms with Crippen molar-refractivity contribution in [1.29, 1.82) is 0 Å².